The van der Waals surface area contributed by atoms with Gasteiger partial charge in [0.15, 0.2) is 0 Å². The zero-order valence-corrected chi connectivity index (χ0v) is 9.59. The number of carbonyl (C=O) groups excluding carboxylic acids is 2. The number of hydrogen-bond donors (Lipinski definition) is 4. The normalized spacial score (nSPS) is 15.4. The summed E-state index contributed by atoms with van der Waals surface area (Å²) in [5.74, 6) is -2.70. The van der Waals surface area contributed by atoms with Crippen molar-refractivity contribution < 1.29 is 22.6 Å². The van der Waals surface area contributed by atoms with Crippen LogP contribution in [-0.2, 0) is 19.7 Å². The van der Waals surface area contributed by atoms with Crippen LogP contribution in [0.3, 0.4) is 0 Å². The minimum Gasteiger partial charge on any atom is -0.369 e. The Kier molecular flexibility index (Phi) is 5.05. The highest BCUT2D eigenvalue weighted by atomic mass is 32.3. The molecule has 2 unspecified atom stereocenters. The molecular weight excluding hydrogens is 244 g/mol. The van der Waals surface area contributed by atoms with E-state index in [2.05, 4.69) is 17.9 Å². The number of hydrogen-bond acceptors (Lipinski definition) is 5. The number of carbonyl (C=O) groups is 2. The molecule has 2 atom stereocenters. The first kappa shape index (κ1) is 14.2. The SMILES string of the molecule is CC(=O)NCC(C(N)=O)C(S)S(=O)(=O)O. The predicted molar refractivity (Wildman–Crippen MR) is 55.7 cm³/mol. The second kappa shape index (κ2) is 5.33. The summed E-state index contributed by atoms with van der Waals surface area (Å²) in [5.41, 5.74) is 4.91. The quantitative estimate of drug-likeness (QED) is 0.347. The van der Waals surface area contributed by atoms with Gasteiger partial charge in [0.05, 0.1) is 5.92 Å². The molecule has 0 aromatic heterocycles. The van der Waals surface area contributed by atoms with Crippen LogP contribution in [0, 0.1) is 5.92 Å². The molecule has 88 valence electrons. The number of rotatable bonds is 5. The lowest BCUT2D eigenvalue weighted by Gasteiger charge is -2.17. The summed E-state index contributed by atoms with van der Waals surface area (Å²) in [6.45, 7) is 0.900. The smallest absolute Gasteiger partial charge is 0.277 e. The van der Waals surface area contributed by atoms with Crippen LogP contribution in [-0.4, -0.2) is 35.9 Å². The first-order chi connectivity index (χ1) is 6.66. The fraction of sp³-hybridized carbons (Fsp3) is 0.667. The van der Waals surface area contributed by atoms with Gasteiger partial charge in [0.2, 0.25) is 11.8 Å². The first-order valence-corrected chi connectivity index (χ1v) is 5.86. The largest absolute Gasteiger partial charge is 0.369 e. The standard InChI is InChI=1S/C6H12N2O5S2/c1-3(9)8-2-4(5(7)10)6(14)15(11,12)13/h4,6,14H,2H2,1H3,(H2,7,10)(H,8,9)(H,11,12,13). The molecule has 9 heteroatoms. The molecule has 0 spiro atoms. The third-order valence-electron chi connectivity index (χ3n) is 1.59. The second-order valence-corrected chi connectivity index (χ2v) is 5.30. The monoisotopic (exact) mass is 256 g/mol. The van der Waals surface area contributed by atoms with Gasteiger partial charge >= 0.3 is 0 Å². The molecule has 0 aromatic carbocycles. The fourth-order valence-corrected chi connectivity index (χ4v) is 1.70. The Labute approximate surface area is 92.6 Å². The van der Waals surface area contributed by atoms with E-state index < -0.39 is 32.4 Å². The van der Waals surface area contributed by atoms with E-state index in [4.69, 9.17) is 10.3 Å². The molecule has 4 N–H and O–H groups in total. The van der Waals surface area contributed by atoms with Crippen molar-refractivity contribution in [2.75, 3.05) is 6.54 Å². The van der Waals surface area contributed by atoms with E-state index in [0.29, 0.717) is 0 Å². The minimum absolute atomic E-state index is 0.293. The van der Waals surface area contributed by atoms with Crippen molar-refractivity contribution in [3.63, 3.8) is 0 Å². The van der Waals surface area contributed by atoms with E-state index in [1.165, 1.54) is 6.92 Å². The number of thiol groups is 1. The molecule has 15 heavy (non-hydrogen) atoms. The molecule has 0 rings (SSSR count). The Morgan fingerprint density at radius 1 is 1.53 bits per heavy atom. The average Bonchev–Trinajstić information content (AvgIpc) is 2.01. The molecule has 0 bridgehead atoms. The summed E-state index contributed by atoms with van der Waals surface area (Å²) in [6, 6.07) is 0. The number of primary amides is 1. The highest BCUT2D eigenvalue weighted by Gasteiger charge is 2.33. The average molecular weight is 256 g/mol. The molecule has 0 aromatic rings. The van der Waals surface area contributed by atoms with Gasteiger partial charge in [-0.3, -0.25) is 14.1 Å². The van der Waals surface area contributed by atoms with Gasteiger partial charge in [-0.25, -0.2) is 0 Å². The van der Waals surface area contributed by atoms with Crippen molar-refractivity contribution in [1.82, 2.24) is 5.32 Å². The van der Waals surface area contributed by atoms with E-state index in [0.717, 1.165) is 0 Å². The van der Waals surface area contributed by atoms with E-state index >= 15 is 0 Å². The van der Waals surface area contributed by atoms with E-state index in [1.54, 1.807) is 0 Å². The Hall–Kier alpha value is -0.800. The molecule has 0 saturated carbocycles. The van der Waals surface area contributed by atoms with Crippen molar-refractivity contribution in [1.29, 1.82) is 0 Å². The lowest BCUT2D eigenvalue weighted by Crippen LogP contribution is -2.42. The molecule has 0 heterocycles. The fourth-order valence-electron chi connectivity index (χ4n) is 0.803. The molecule has 0 aliphatic carbocycles. The van der Waals surface area contributed by atoms with Gasteiger partial charge in [-0.05, 0) is 0 Å². The summed E-state index contributed by atoms with van der Waals surface area (Å²) in [5, 5.41) is 2.22. The van der Waals surface area contributed by atoms with Gasteiger partial charge in [0, 0.05) is 13.5 Å². The van der Waals surface area contributed by atoms with Crippen LogP contribution in [0.1, 0.15) is 6.92 Å². The second-order valence-electron chi connectivity index (χ2n) is 2.85. The van der Waals surface area contributed by atoms with Crippen molar-refractivity contribution in [3.8, 4) is 0 Å². The molecule has 0 fully saturated rings. The number of amides is 2. The van der Waals surface area contributed by atoms with Crippen LogP contribution in [0.15, 0.2) is 0 Å². The lowest BCUT2D eigenvalue weighted by molar-refractivity contribution is -0.122. The summed E-state index contributed by atoms with van der Waals surface area (Å²) in [7, 11) is -4.48. The zero-order chi connectivity index (χ0) is 12.2. The molecule has 0 saturated heterocycles. The van der Waals surface area contributed by atoms with Gasteiger partial charge in [0.1, 0.15) is 4.58 Å². The third kappa shape index (κ3) is 5.00. The summed E-state index contributed by atoms with van der Waals surface area (Å²) < 4.78 is 28.4. The first-order valence-electron chi connectivity index (χ1n) is 3.84. The van der Waals surface area contributed by atoms with Crippen LogP contribution in [0.2, 0.25) is 0 Å². The number of nitrogens with two attached hydrogens (primary N) is 1. The van der Waals surface area contributed by atoms with E-state index in [-0.39, 0.29) is 6.54 Å². The van der Waals surface area contributed by atoms with Crippen molar-refractivity contribution in [3.05, 3.63) is 0 Å². The summed E-state index contributed by atoms with van der Waals surface area (Å²) >= 11 is 3.56. The maximum absolute atomic E-state index is 10.8. The van der Waals surface area contributed by atoms with Gasteiger partial charge in [-0.2, -0.15) is 21.0 Å². The molecule has 2 amide bonds. The van der Waals surface area contributed by atoms with Gasteiger partial charge in [-0.1, -0.05) is 0 Å². The minimum atomic E-state index is -4.48. The molecule has 0 radical (unpaired) electrons. The topological polar surface area (TPSA) is 127 Å². The van der Waals surface area contributed by atoms with Gasteiger partial charge in [-0.15, -0.1) is 0 Å². The maximum atomic E-state index is 10.8. The summed E-state index contributed by atoms with van der Waals surface area (Å²) in [4.78, 5) is 21.4. The van der Waals surface area contributed by atoms with Crippen molar-refractivity contribution >= 4 is 34.6 Å². The number of nitrogens with one attached hydrogen (secondary N) is 1. The molecular formula is C6H12N2O5S2. The maximum Gasteiger partial charge on any atom is 0.277 e. The van der Waals surface area contributed by atoms with Crippen LogP contribution in [0.25, 0.3) is 0 Å². The lowest BCUT2D eigenvalue weighted by atomic mass is 10.1. The molecule has 7 nitrogen and oxygen atoms in total. The zero-order valence-electron chi connectivity index (χ0n) is 7.87. The van der Waals surface area contributed by atoms with E-state index in [9.17, 15) is 18.0 Å². The third-order valence-corrected chi connectivity index (χ3v) is 3.68. The molecule has 0 aliphatic rings. The Morgan fingerprint density at radius 3 is 2.27 bits per heavy atom. The van der Waals surface area contributed by atoms with Crippen LogP contribution < -0.4 is 11.1 Å². The van der Waals surface area contributed by atoms with E-state index in [1.807, 2.05) is 0 Å². The van der Waals surface area contributed by atoms with Crippen LogP contribution in [0.4, 0.5) is 0 Å². The Morgan fingerprint density at radius 2 is 2.00 bits per heavy atom. The van der Waals surface area contributed by atoms with Crippen LogP contribution in [0.5, 0.6) is 0 Å². The van der Waals surface area contributed by atoms with Gasteiger partial charge in [0.25, 0.3) is 10.1 Å². The van der Waals surface area contributed by atoms with Crippen LogP contribution >= 0.6 is 12.6 Å². The molecule has 0 aliphatic heterocycles. The van der Waals surface area contributed by atoms with Crippen molar-refractivity contribution in [2.45, 2.75) is 11.5 Å². The highest BCUT2D eigenvalue weighted by molar-refractivity contribution is 8.01. The Bertz CT molecular complexity index is 353. The van der Waals surface area contributed by atoms with Gasteiger partial charge < -0.3 is 11.1 Å². The highest BCUT2D eigenvalue weighted by Crippen LogP contribution is 2.15. The van der Waals surface area contributed by atoms with Crippen molar-refractivity contribution in [2.24, 2.45) is 11.7 Å². The Balaban J connectivity index is 4.68. The predicted octanol–water partition coefficient (Wildman–Crippen LogP) is -1.63. The summed E-state index contributed by atoms with van der Waals surface area (Å²) in [6.07, 6.45) is 0.